The minimum Gasteiger partial charge on any atom is -0.393 e. The summed E-state index contributed by atoms with van der Waals surface area (Å²) in [5.41, 5.74) is 0. The molecule has 1 aliphatic carbocycles. The number of carbonyl (C=O) groups excluding carboxylic acids is 1. The van der Waals surface area contributed by atoms with Crippen molar-refractivity contribution in [3.8, 4) is 0 Å². The number of fused-ring (bicyclic) bond motifs is 2. The fourth-order valence-corrected chi connectivity index (χ4v) is 3.89. The van der Waals surface area contributed by atoms with Gasteiger partial charge in [0.1, 0.15) is 0 Å². The van der Waals surface area contributed by atoms with Crippen LogP contribution in [-0.4, -0.2) is 54.0 Å². The molecule has 0 spiro atoms. The van der Waals surface area contributed by atoms with Gasteiger partial charge in [-0.1, -0.05) is 12.8 Å². The van der Waals surface area contributed by atoms with Crippen molar-refractivity contribution >= 4 is 6.03 Å². The smallest absolute Gasteiger partial charge is 0.317 e. The number of hydrogen-bond donors (Lipinski definition) is 2. The SMILES string of the molecule is CN(CC1CCCCC1O)C(=O)NC1CC2CCC1O2. The highest BCUT2D eigenvalue weighted by Crippen LogP contribution is 2.34. The Balaban J connectivity index is 1.47. The lowest BCUT2D eigenvalue weighted by atomic mass is 9.86. The number of amides is 2. The van der Waals surface area contributed by atoms with E-state index in [-0.39, 0.29) is 30.2 Å². The minimum absolute atomic E-state index is 0.0241. The van der Waals surface area contributed by atoms with Gasteiger partial charge in [-0.15, -0.1) is 0 Å². The molecule has 5 unspecified atom stereocenters. The molecule has 5 nitrogen and oxygen atoms in total. The lowest BCUT2D eigenvalue weighted by Gasteiger charge is -2.32. The maximum Gasteiger partial charge on any atom is 0.317 e. The van der Waals surface area contributed by atoms with Crippen LogP contribution >= 0.6 is 0 Å². The van der Waals surface area contributed by atoms with E-state index >= 15 is 0 Å². The van der Waals surface area contributed by atoms with E-state index in [1.807, 2.05) is 7.05 Å². The van der Waals surface area contributed by atoms with Crippen LogP contribution in [0, 0.1) is 5.92 Å². The number of aliphatic hydroxyl groups excluding tert-OH is 1. The standard InChI is InChI=1S/C15H26N2O3/c1-17(9-10-4-2-3-5-13(10)18)15(19)16-12-8-11-6-7-14(12)20-11/h10-14,18H,2-9H2,1H3,(H,16,19). The van der Waals surface area contributed by atoms with Gasteiger partial charge in [0.15, 0.2) is 0 Å². The van der Waals surface area contributed by atoms with Crippen LogP contribution in [0.5, 0.6) is 0 Å². The molecular formula is C15H26N2O3. The van der Waals surface area contributed by atoms with Crippen LogP contribution in [0.2, 0.25) is 0 Å². The van der Waals surface area contributed by atoms with Gasteiger partial charge >= 0.3 is 6.03 Å². The van der Waals surface area contributed by atoms with Gasteiger partial charge in [-0.3, -0.25) is 0 Å². The molecule has 3 fully saturated rings. The fourth-order valence-electron chi connectivity index (χ4n) is 3.89. The van der Waals surface area contributed by atoms with Crippen LogP contribution in [0.1, 0.15) is 44.9 Å². The summed E-state index contributed by atoms with van der Waals surface area (Å²) in [7, 11) is 1.82. The van der Waals surface area contributed by atoms with E-state index in [0.29, 0.717) is 12.6 Å². The van der Waals surface area contributed by atoms with Crippen molar-refractivity contribution in [1.29, 1.82) is 0 Å². The summed E-state index contributed by atoms with van der Waals surface area (Å²) in [6.07, 6.45) is 7.67. The number of nitrogens with one attached hydrogen (secondary N) is 1. The van der Waals surface area contributed by atoms with Gasteiger partial charge in [-0.2, -0.15) is 0 Å². The molecule has 5 atom stereocenters. The predicted octanol–water partition coefficient (Wildman–Crippen LogP) is 1.50. The molecule has 2 saturated heterocycles. The van der Waals surface area contributed by atoms with Gasteiger partial charge in [0.25, 0.3) is 0 Å². The van der Waals surface area contributed by atoms with E-state index in [0.717, 1.165) is 44.9 Å². The van der Waals surface area contributed by atoms with Crippen molar-refractivity contribution in [2.75, 3.05) is 13.6 Å². The second-order valence-corrected chi connectivity index (χ2v) is 6.66. The van der Waals surface area contributed by atoms with Crippen molar-refractivity contribution in [3.63, 3.8) is 0 Å². The van der Waals surface area contributed by atoms with Crippen LogP contribution < -0.4 is 5.32 Å². The Morgan fingerprint density at radius 1 is 1.30 bits per heavy atom. The number of ether oxygens (including phenoxy) is 1. The van der Waals surface area contributed by atoms with Gasteiger partial charge < -0.3 is 20.1 Å². The zero-order chi connectivity index (χ0) is 14.1. The van der Waals surface area contributed by atoms with Crippen molar-refractivity contribution in [1.82, 2.24) is 10.2 Å². The van der Waals surface area contributed by atoms with Gasteiger partial charge in [-0.25, -0.2) is 4.79 Å². The zero-order valence-corrected chi connectivity index (χ0v) is 12.3. The lowest BCUT2D eigenvalue weighted by Crippen LogP contribution is -2.49. The number of aliphatic hydroxyl groups is 1. The van der Waals surface area contributed by atoms with Crippen molar-refractivity contribution in [2.45, 2.75) is 69.3 Å². The molecule has 2 bridgehead atoms. The molecule has 3 rings (SSSR count). The van der Waals surface area contributed by atoms with Crippen LogP contribution in [0.3, 0.4) is 0 Å². The average Bonchev–Trinajstić information content (AvgIpc) is 3.03. The molecule has 2 heterocycles. The third kappa shape index (κ3) is 2.93. The summed E-state index contributed by atoms with van der Waals surface area (Å²) < 4.78 is 5.76. The third-order valence-electron chi connectivity index (χ3n) is 5.14. The van der Waals surface area contributed by atoms with E-state index in [9.17, 15) is 9.90 Å². The van der Waals surface area contributed by atoms with E-state index in [2.05, 4.69) is 5.32 Å². The average molecular weight is 282 g/mol. The second kappa shape index (κ2) is 5.90. The summed E-state index contributed by atoms with van der Waals surface area (Å²) in [4.78, 5) is 14.0. The maximum atomic E-state index is 12.2. The number of urea groups is 1. The van der Waals surface area contributed by atoms with Gasteiger partial charge in [0, 0.05) is 19.5 Å². The highest BCUT2D eigenvalue weighted by molar-refractivity contribution is 5.74. The Morgan fingerprint density at radius 2 is 2.10 bits per heavy atom. The zero-order valence-electron chi connectivity index (χ0n) is 12.3. The number of rotatable bonds is 3. The van der Waals surface area contributed by atoms with Gasteiger partial charge in [0.05, 0.1) is 24.4 Å². The quantitative estimate of drug-likeness (QED) is 0.824. The maximum absolute atomic E-state index is 12.2. The van der Waals surface area contributed by atoms with Crippen LogP contribution in [0.25, 0.3) is 0 Å². The van der Waals surface area contributed by atoms with Crippen molar-refractivity contribution in [3.05, 3.63) is 0 Å². The first-order valence-electron chi connectivity index (χ1n) is 7.98. The molecule has 20 heavy (non-hydrogen) atoms. The Kier molecular flexibility index (Phi) is 4.17. The minimum atomic E-state index is -0.246. The first-order valence-corrected chi connectivity index (χ1v) is 7.98. The highest BCUT2D eigenvalue weighted by atomic mass is 16.5. The van der Waals surface area contributed by atoms with Crippen molar-refractivity contribution < 1.29 is 14.6 Å². The number of nitrogens with zero attached hydrogens (tertiary/aromatic N) is 1. The number of hydrogen-bond acceptors (Lipinski definition) is 3. The summed E-state index contributed by atoms with van der Waals surface area (Å²) in [5.74, 6) is 0.232. The molecule has 1 saturated carbocycles. The Hall–Kier alpha value is -0.810. The normalized spacial score (nSPS) is 39.8. The summed E-state index contributed by atoms with van der Waals surface area (Å²) in [6.45, 7) is 0.647. The van der Waals surface area contributed by atoms with E-state index < -0.39 is 0 Å². The van der Waals surface area contributed by atoms with E-state index in [1.54, 1.807) is 4.90 Å². The van der Waals surface area contributed by atoms with Crippen LogP contribution in [-0.2, 0) is 4.74 Å². The van der Waals surface area contributed by atoms with Gasteiger partial charge in [0.2, 0.25) is 0 Å². The molecule has 0 aromatic heterocycles. The molecule has 0 radical (unpaired) electrons. The predicted molar refractivity (Wildman–Crippen MR) is 75.4 cm³/mol. The fraction of sp³-hybridized carbons (Fsp3) is 0.933. The molecule has 0 aromatic carbocycles. The van der Waals surface area contributed by atoms with E-state index in [1.165, 1.54) is 0 Å². The Morgan fingerprint density at radius 3 is 2.75 bits per heavy atom. The largest absolute Gasteiger partial charge is 0.393 e. The molecule has 2 amide bonds. The molecule has 114 valence electrons. The van der Waals surface area contributed by atoms with Crippen LogP contribution in [0.15, 0.2) is 0 Å². The first-order chi connectivity index (χ1) is 9.63. The summed E-state index contributed by atoms with van der Waals surface area (Å²) in [5, 5.41) is 13.1. The molecule has 2 N–H and O–H groups in total. The first kappa shape index (κ1) is 14.1. The van der Waals surface area contributed by atoms with Crippen LogP contribution in [0.4, 0.5) is 4.79 Å². The highest BCUT2D eigenvalue weighted by Gasteiger charge is 2.41. The lowest BCUT2D eigenvalue weighted by molar-refractivity contribution is 0.0557. The van der Waals surface area contributed by atoms with Gasteiger partial charge in [-0.05, 0) is 32.1 Å². The summed E-state index contributed by atoms with van der Waals surface area (Å²) in [6, 6.07) is 0.156. The molecule has 3 aliphatic rings. The van der Waals surface area contributed by atoms with Crippen molar-refractivity contribution in [2.24, 2.45) is 5.92 Å². The topological polar surface area (TPSA) is 61.8 Å². The molecule has 2 aliphatic heterocycles. The molecule has 5 heteroatoms. The second-order valence-electron chi connectivity index (χ2n) is 6.66. The monoisotopic (exact) mass is 282 g/mol. The van der Waals surface area contributed by atoms with E-state index in [4.69, 9.17) is 4.74 Å². The molecule has 0 aromatic rings. The summed E-state index contributed by atoms with van der Waals surface area (Å²) >= 11 is 0. The molecular weight excluding hydrogens is 256 g/mol. The third-order valence-corrected chi connectivity index (χ3v) is 5.14. The Labute approximate surface area is 120 Å². The number of carbonyl (C=O) groups is 1. The Bertz CT molecular complexity index is 363.